The zero-order chi connectivity index (χ0) is 18.6. The SMILES string of the molecule is Cl.O=C(NCC1CCCCN1C(=O)C1NNC2CCNCC21)c1ccccc1. The van der Waals surface area contributed by atoms with Gasteiger partial charge in [-0.15, -0.1) is 12.4 Å². The molecular formula is C20H30ClN5O2. The van der Waals surface area contributed by atoms with Gasteiger partial charge in [-0.3, -0.25) is 15.0 Å². The van der Waals surface area contributed by atoms with Crippen LogP contribution in [0.15, 0.2) is 30.3 Å². The van der Waals surface area contributed by atoms with Crippen molar-refractivity contribution in [2.24, 2.45) is 5.92 Å². The Balaban J connectivity index is 0.00000225. The Morgan fingerprint density at radius 2 is 1.93 bits per heavy atom. The molecule has 3 saturated heterocycles. The third kappa shape index (κ3) is 4.49. The molecule has 0 spiro atoms. The van der Waals surface area contributed by atoms with E-state index in [2.05, 4.69) is 21.5 Å². The molecule has 3 fully saturated rings. The quantitative estimate of drug-likeness (QED) is 0.589. The topological polar surface area (TPSA) is 85.5 Å². The third-order valence-corrected chi connectivity index (χ3v) is 6.09. The summed E-state index contributed by atoms with van der Waals surface area (Å²) >= 11 is 0. The molecule has 4 N–H and O–H groups in total. The molecule has 0 aliphatic carbocycles. The van der Waals surface area contributed by atoms with Crippen LogP contribution in [-0.2, 0) is 4.79 Å². The van der Waals surface area contributed by atoms with Gasteiger partial charge in [-0.05, 0) is 44.4 Å². The van der Waals surface area contributed by atoms with Crippen molar-refractivity contribution >= 4 is 24.2 Å². The number of nitrogens with one attached hydrogen (secondary N) is 4. The van der Waals surface area contributed by atoms with Crippen LogP contribution >= 0.6 is 12.4 Å². The number of carbonyl (C=O) groups excluding carboxylic acids is 2. The number of hydrogen-bond acceptors (Lipinski definition) is 5. The summed E-state index contributed by atoms with van der Waals surface area (Å²) in [7, 11) is 0. The van der Waals surface area contributed by atoms with E-state index in [-0.39, 0.29) is 42.2 Å². The maximum Gasteiger partial charge on any atom is 0.251 e. The molecule has 4 unspecified atom stereocenters. The Hall–Kier alpha value is -1.67. The highest BCUT2D eigenvalue weighted by atomic mass is 35.5. The molecule has 7 nitrogen and oxygen atoms in total. The van der Waals surface area contributed by atoms with Gasteiger partial charge in [0.05, 0.1) is 0 Å². The van der Waals surface area contributed by atoms with Gasteiger partial charge in [-0.2, -0.15) is 0 Å². The summed E-state index contributed by atoms with van der Waals surface area (Å²) in [5.74, 6) is 0.371. The number of nitrogens with zero attached hydrogens (tertiary/aromatic N) is 1. The molecule has 154 valence electrons. The minimum absolute atomic E-state index is 0. The van der Waals surface area contributed by atoms with Gasteiger partial charge in [-0.25, -0.2) is 5.43 Å². The fourth-order valence-electron chi connectivity index (χ4n) is 4.54. The smallest absolute Gasteiger partial charge is 0.251 e. The number of rotatable bonds is 4. The molecule has 0 aromatic heterocycles. The second kappa shape index (κ2) is 9.69. The Morgan fingerprint density at radius 3 is 2.75 bits per heavy atom. The van der Waals surface area contributed by atoms with Gasteiger partial charge in [0.2, 0.25) is 5.91 Å². The van der Waals surface area contributed by atoms with Crippen LogP contribution in [0.4, 0.5) is 0 Å². The largest absolute Gasteiger partial charge is 0.350 e. The average Bonchev–Trinajstić information content (AvgIpc) is 3.16. The summed E-state index contributed by atoms with van der Waals surface area (Å²) < 4.78 is 0. The Kier molecular flexibility index (Phi) is 7.29. The zero-order valence-corrected chi connectivity index (χ0v) is 16.8. The minimum Gasteiger partial charge on any atom is -0.350 e. The molecule has 28 heavy (non-hydrogen) atoms. The number of piperidine rings is 2. The second-order valence-corrected chi connectivity index (χ2v) is 7.79. The van der Waals surface area contributed by atoms with E-state index >= 15 is 0 Å². The predicted octanol–water partition coefficient (Wildman–Crippen LogP) is 0.674. The normalized spacial score (nSPS) is 29.5. The van der Waals surface area contributed by atoms with Crippen molar-refractivity contribution in [1.29, 1.82) is 0 Å². The van der Waals surface area contributed by atoms with E-state index in [0.29, 0.717) is 18.2 Å². The summed E-state index contributed by atoms with van der Waals surface area (Å²) in [6, 6.07) is 9.48. The van der Waals surface area contributed by atoms with Gasteiger partial charge >= 0.3 is 0 Å². The number of likely N-dealkylation sites (tertiary alicyclic amines) is 1. The van der Waals surface area contributed by atoms with Gasteiger partial charge in [0.15, 0.2) is 0 Å². The number of hydrogen-bond donors (Lipinski definition) is 4. The first kappa shape index (κ1) is 21.0. The van der Waals surface area contributed by atoms with Gasteiger partial charge < -0.3 is 15.5 Å². The van der Waals surface area contributed by atoms with Crippen LogP contribution in [0.2, 0.25) is 0 Å². The first-order valence-electron chi connectivity index (χ1n) is 10.1. The highest BCUT2D eigenvalue weighted by Gasteiger charge is 2.44. The maximum absolute atomic E-state index is 13.3. The number of amides is 2. The van der Waals surface area contributed by atoms with E-state index in [1.165, 1.54) is 0 Å². The summed E-state index contributed by atoms with van der Waals surface area (Å²) in [6.45, 7) is 3.14. The number of carbonyl (C=O) groups is 2. The average molecular weight is 408 g/mol. The van der Waals surface area contributed by atoms with Crippen molar-refractivity contribution in [1.82, 2.24) is 26.4 Å². The molecule has 1 aromatic carbocycles. The van der Waals surface area contributed by atoms with Crippen molar-refractivity contribution in [2.45, 2.75) is 43.8 Å². The van der Waals surface area contributed by atoms with E-state index in [4.69, 9.17) is 0 Å². The van der Waals surface area contributed by atoms with Crippen molar-refractivity contribution in [3.8, 4) is 0 Å². The zero-order valence-electron chi connectivity index (χ0n) is 16.0. The molecule has 4 atom stereocenters. The minimum atomic E-state index is -0.187. The molecule has 3 aliphatic rings. The van der Waals surface area contributed by atoms with Crippen LogP contribution in [-0.4, -0.2) is 61.0 Å². The van der Waals surface area contributed by atoms with Crippen molar-refractivity contribution in [3.05, 3.63) is 35.9 Å². The molecule has 0 bridgehead atoms. The van der Waals surface area contributed by atoms with Crippen LogP contribution in [0, 0.1) is 5.92 Å². The maximum atomic E-state index is 13.3. The van der Waals surface area contributed by atoms with E-state index in [1.807, 2.05) is 35.2 Å². The van der Waals surface area contributed by atoms with E-state index in [1.54, 1.807) is 0 Å². The van der Waals surface area contributed by atoms with E-state index in [0.717, 1.165) is 45.3 Å². The van der Waals surface area contributed by atoms with Crippen LogP contribution in [0.25, 0.3) is 0 Å². The van der Waals surface area contributed by atoms with Crippen LogP contribution in [0.1, 0.15) is 36.0 Å². The standard InChI is InChI=1S/C20H29N5O2.ClH/c26-19(14-6-2-1-3-7-14)22-12-15-8-4-5-11-25(15)20(27)18-16-13-21-10-9-17(16)23-24-18;/h1-3,6-7,15-18,21,23-24H,4-5,8-13H2,(H,22,26);1H. The first-order valence-corrected chi connectivity index (χ1v) is 10.1. The molecule has 8 heteroatoms. The number of fused-ring (bicyclic) bond motifs is 1. The van der Waals surface area contributed by atoms with Crippen LogP contribution in [0.3, 0.4) is 0 Å². The summed E-state index contributed by atoms with van der Waals surface area (Å²) in [4.78, 5) is 27.6. The molecule has 3 aliphatic heterocycles. The molecular weight excluding hydrogens is 378 g/mol. The first-order chi connectivity index (χ1) is 13.2. The molecule has 3 heterocycles. The lowest BCUT2D eigenvalue weighted by Gasteiger charge is -2.38. The second-order valence-electron chi connectivity index (χ2n) is 7.79. The Labute approximate surface area is 172 Å². The number of halogens is 1. The molecule has 4 rings (SSSR count). The fourth-order valence-corrected chi connectivity index (χ4v) is 4.54. The van der Waals surface area contributed by atoms with Gasteiger partial charge in [-0.1, -0.05) is 18.2 Å². The van der Waals surface area contributed by atoms with Crippen molar-refractivity contribution in [2.75, 3.05) is 26.2 Å². The summed E-state index contributed by atoms with van der Waals surface area (Å²) in [6.07, 6.45) is 4.10. The molecule has 0 saturated carbocycles. The highest BCUT2D eigenvalue weighted by molar-refractivity contribution is 5.94. The van der Waals surface area contributed by atoms with Crippen LogP contribution < -0.4 is 21.5 Å². The van der Waals surface area contributed by atoms with Gasteiger partial charge in [0, 0.05) is 43.2 Å². The lowest BCUT2D eigenvalue weighted by atomic mass is 9.88. The predicted molar refractivity (Wildman–Crippen MR) is 110 cm³/mol. The Morgan fingerprint density at radius 1 is 1.11 bits per heavy atom. The van der Waals surface area contributed by atoms with E-state index < -0.39 is 0 Å². The van der Waals surface area contributed by atoms with Crippen molar-refractivity contribution < 1.29 is 9.59 Å². The van der Waals surface area contributed by atoms with E-state index in [9.17, 15) is 9.59 Å². The lowest BCUT2D eigenvalue weighted by Crippen LogP contribution is -2.56. The fraction of sp³-hybridized carbons (Fsp3) is 0.600. The monoisotopic (exact) mass is 407 g/mol. The number of benzene rings is 1. The highest BCUT2D eigenvalue weighted by Crippen LogP contribution is 2.25. The lowest BCUT2D eigenvalue weighted by molar-refractivity contribution is -0.137. The molecule has 1 aromatic rings. The molecule has 2 amide bonds. The van der Waals surface area contributed by atoms with Crippen LogP contribution in [0.5, 0.6) is 0 Å². The molecule has 0 radical (unpaired) electrons. The Bertz CT molecular complexity index is 674. The summed E-state index contributed by atoms with van der Waals surface area (Å²) in [5.41, 5.74) is 7.20. The van der Waals surface area contributed by atoms with Gasteiger partial charge in [0.25, 0.3) is 5.91 Å². The van der Waals surface area contributed by atoms with Crippen molar-refractivity contribution in [3.63, 3.8) is 0 Å². The summed E-state index contributed by atoms with van der Waals surface area (Å²) in [5, 5.41) is 6.42. The number of hydrazine groups is 1. The van der Waals surface area contributed by atoms with Gasteiger partial charge in [0.1, 0.15) is 6.04 Å². The third-order valence-electron chi connectivity index (χ3n) is 6.09.